The van der Waals surface area contributed by atoms with Crippen LogP contribution in [0.5, 0.6) is 0 Å². The molecule has 0 aliphatic heterocycles. The first kappa shape index (κ1) is 11.5. The van der Waals surface area contributed by atoms with Crippen LogP contribution in [0.3, 0.4) is 0 Å². The second kappa shape index (κ2) is 4.91. The molecule has 88 valence electrons. The van der Waals surface area contributed by atoms with Gasteiger partial charge in [0, 0.05) is 25.9 Å². The van der Waals surface area contributed by atoms with Crippen LogP contribution in [0.15, 0.2) is 24.5 Å². The van der Waals surface area contributed by atoms with Gasteiger partial charge in [0.2, 0.25) is 0 Å². The number of rotatable bonds is 3. The maximum atomic E-state index is 4.59. The van der Waals surface area contributed by atoms with E-state index in [1.165, 1.54) is 5.56 Å². The Morgan fingerprint density at radius 1 is 1.06 bits per heavy atom. The second-order valence-electron chi connectivity index (χ2n) is 3.97. The van der Waals surface area contributed by atoms with E-state index in [-0.39, 0.29) is 0 Å². The first-order valence-electron chi connectivity index (χ1n) is 5.61. The van der Waals surface area contributed by atoms with E-state index in [9.17, 15) is 0 Å². The van der Waals surface area contributed by atoms with E-state index in [0.717, 1.165) is 29.3 Å². The summed E-state index contributed by atoms with van der Waals surface area (Å²) in [6.45, 7) is 3.96. The van der Waals surface area contributed by atoms with Crippen molar-refractivity contribution in [1.82, 2.24) is 15.0 Å². The minimum absolute atomic E-state index is 0.771. The summed E-state index contributed by atoms with van der Waals surface area (Å²) in [7, 11) is 1.87. The largest absolute Gasteiger partial charge is 0.372 e. The summed E-state index contributed by atoms with van der Waals surface area (Å²) in [5, 5.41) is 3.09. The minimum atomic E-state index is 0.771. The zero-order chi connectivity index (χ0) is 12.3. The fourth-order valence-corrected chi connectivity index (χ4v) is 1.67. The number of nitrogens with one attached hydrogen (secondary N) is 1. The highest BCUT2D eigenvalue weighted by atomic mass is 15.0. The van der Waals surface area contributed by atoms with Crippen molar-refractivity contribution in [1.29, 1.82) is 0 Å². The van der Waals surface area contributed by atoms with Crippen molar-refractivity contribution in [3.05, 3.63) is 47.2 Å². The lowest BCUT2D eigenvalue weighted by atomic mass is 10.1. The number of hydrogen-bond acceptors (Lipinski definition) is 4. The molecule has 2 heterocycles. The molecule has 0 fully saturated rings. The van der Waals surface area contributed by atoms with Crippen LogP contribution in [0.4, 0.5) is 5.82 Å². The van der Waals surface area contributed by atoms with Crippen molar-refractivity contribution < 1.29 is 0 Å². The standard InChI is InChI=1S/C13H16N4/c1-9-10(2)17-13(14-3)12(16-9)8-11-4-6-15-7-5-11/h4-7H,8H2,1-3H3,(H,14,17). The smallest absolute Gasteiger partial charge is 0.148 e. The van der Waals surface area contributed by atoms with Crippen molar-refractivity contribution in [3.8, 4) is 0 Å². The second-order valence-corrected chi connectivity index (χ2v) is 3.97. The van der Waals surface area contributed by atoms with Crippen LogP contribution in [-0.2, 0) is 6.42 Å². The van der Waals surface area contributed by atoms with Gasteiger partial charge in [0.15, 0.2) is 0 Å². The first-order valence-corrected chi connectivity index (χ1v) is 5.61. The van der Waals surface area contributed by atoms with Gasteiger partial charge in [-0.25, -0.2) is 4.98 Å². The van der Waals surface area contributed by atoms with Crippen molar-refractivity contribution in [2.75, 3.05) is 12.4 Å². The molecule has 0 spiro atoms. The maximum Gasteiger partial charge on any atom is 0.148 e. The Morgan fingerprint density at radius 3 is 2.35 bits per heavy atom. The third-order valence-electron chi connectivity index (χ3n) is 2.74. The average Bonchev–Trinajstić information content (AvgIpc) is 2.35. The normalized spacial score (nSPS) is 10.3. The van der Waals surface area contributed by atoms with Crippen LogP contribution in [0.25, 0.3) is 0 Å². The lowest BCUT2D eigenvalue weighted by Gasteiger charge is -2.10. The zero-order valence-corrected chi connectivity index (χ0v) is 10.4. The van der Waals surface area contributed by atoms with E-state index < -0.39 is 0 Å². The number of nitrogens with zero attached hydrogens (tertiary/aromatic N) is 3. The van der Waals surface area contributed by atoms with Gasteiger partial charge >= 0.3 is 0 Å². The van der Waals surface area contributed by atoms with Crippen LogP contribution >= 0.6 is 0 Å². The highest BCUT2D eigenvalue weighted by molar-refractivity contribution is 5.43. The Bertz CT molecular complexity index is 508. The summed E-state index contributed by atoms with van der Waals surface area (Å²) < 4.78 is 0. The molecule has 0 saturated carbocycles. The topological polar surface area (TPSA) is 50.7 Å². The van der Waals surface area contributed by atoms with E-state index in [1.807, 2.05) is 33.0 Å². The Kier molecular flexibility index (Phi) is 3.32. The molecule has 0 atom stereocenters. The van der Waals surface area contributed by atoms with Crippen LogP contribution in [0.1, 0.15) is 22.6 Å². The summed E-state index contributed by atoms with van der Waals surface area (Å²) in [5.74, 6) is 0.852. The first-order chi connectivity index (χ1) is 8.20. The van der Waals surface area contributed by atoms with Crippen LogP contribution in [0.2, 0.25) is 0 Å². The molecule has 0 aromatic carbocycles. The summed E-state index contributed by atoms with van der Waals surface area (Å²) in [5.41, 5.74) is 4.11. The van der Waals surface area contributed by atoms with Gasteiger partial charge in [-0.15, -0.1) is 0 Å². The molecule has 1 N–H and O–H groups in total. The Balaban J connectivity index is 2.35. The minimum Gasteiger partial charge on any atom is -0.372 e. The van der Waals surface area contributed by atoms with E-state index in [1.54, 1.807) is 12.4 Å². The molecule has 0 saturated heterocycles. The number of hydrogen-bond donors (Lipinski definition) is 1. The van der Waals surface area contributed by atoms with E-state index in [2.05, 4.69) is 20.3 Å². The predicted molar refractivity (Wildman–Crippen MR) is 68.1 cm³/mol. The van der Waals surface area contributed by atoms with E-state index in [4.69, 9.17) is 0 Å². The molecular weight excluding hydrogens is 212 g/mol. The van der Waals surface area contributed by atoms with Gasteiger partial charge in [-0.3, -0.25) is 9.97 Å². The molecule has 4 heteroatoms. The Hall–Kier alpha value is -1.97. The third-order valence-corrected chi connectivity index (χ3v) is 2.74. The van der Waals surface area contributed by atoms with E-state index in [0.29, 0.717) is 0 Å². The van der Waals surface area contributed by atoms with Gasteiger partial charge in [-0.1, -0.05) is 0 Å². The summed E-state index contributed by atoms with van der Waals surface area (Å²) in [6.07, 6.45) is 4.36. The highest BCUT2D eigenvalue weighted by Gasteiger charge is 2.08. The summed E-state index contributed by atoms with van der Waals surface area (Å²) in [6, 6.07) is 3.99. The SMILES string of the molecule is CNc1nc(C)c(C)nc1Cc1ccncc1. The zero-order valence-electron chi connectivity index (χ0n) is 10.4. The lowest BCUT2D eigenvalue weighted by molar-refractivity contribution is 0.960. The van der Waals surface area contributed by atoms with Crippen molar-refractivity contribution in [2.45, 2.75) is 20.3 Å². The van der Waals surface area contributed by atoms with E-state index >= 15 is 0 Å². The Labute approximate surface area is 101 Å². The fraction of sp³-hybridized carbons (Fsp3) is 0.308. The van der Waals surface area contributed by atoms with Crippen LogP contribution in [-0.4, -0.2) is 22.0 Å². The molecule has 0 unspecified atom stereocenters. The van der Waals surface area contributed by atoms with Crippen molar-refractivity contribution >= 4 is 5.82 Å². The molecule has 0 bridgehead atoms. The molecule has 2 aromatic rings. The lowest BCUT2D eigenvalue weighted by Crippen LogP contribution is -2.06. The number of aromatic nitrogens is 3. The van der Waals surface area contributed by atoms with Gasteiger partial charge in [0.25, 0.3) is 0 Å². The maximum absolute atomic E-state index is 4.59. The van der Waals surface area contributed by atoms with Crippen molar-refractivity contribution in [3.63, 3.8) is 0 Å². The number of aryl methyl sites for hydroxylation is 2. The molecule has 4 nitrogen and oxygen atoms in total. The molecule has 2 rings (SSSR count). The van der Waals surface area contributed by atoms with Gasteiger partial charge in [-0.05, 0) is 31.5 Å². The third kappa shape index (κ3) is 2.58. The quantitative estimate of drug-likeness (QED) is 0.874. The average molecular weight is 228 g/mol. The Morgan fingerprint density at radius 2 is 1.71 bits per heavy atom. The number of pyridine rings is 1. The highest BCUT2D eigenvalue weighted by Crippen LogP contribution is 2.16. The predicted octanol–water partition coefficient (Wildman–Crippen LogP) is 2.12. The molecule has 0 aliphatic carbocycles. The van der Waals surface area contributed by atoms with Crippen molar-refractivity contribution in [2.24, 2.45) is 0 Å². The van der Waals surface area contributed by atoms with Gasteiger partial charge in [0.1, 0.15) is 5.82 Å². The molecule has 17 heavy (non-hydrogen) atoms. The summed E-state index contributed by atoms with van der Waals surface area (Å²) >= 11 is 0. The fourth-order valence-electron chi connectivity index (χ4n) is 1.67. The van der Waals surface area contributed by atoms with Crippen LogP contribution < -0.4 is 5.32 Å². The molecular formula is C13H16N4. The number of anilines is 1. The molecule has 0 radical (unpaired) electrons. The van der Waals surface area contributed by atoms with Gasteiger partial charge in [-0.2, -0.15) is 0 Å². The monoisotopic (exact) mass is 228 g/mol. The van der Waals surface area contributed by atoms with Gasteiger partial charge < -0.3 is 5.32 Å². The summed E-state index contributed by atoms with van der Waals surface area (Å²) in [4.78, 5) is 13.1. The van der Waals surface area contributed by atoms with Gasteiger partial charge in [0.05, 0.1) is 17.1 Å². The molecule has 2 aromatic heterocycles. The van der Waals surface area contributed by atoms with Crippen LogP contribution in [0, 0.1) is 13.8 Å². The molecule has 0 aliphatic rings. The molecule has 0 amide bonds.